The number of carbonyl (C=O) groups excluding carboxylic acids is 2. The number of carbonyl (C=O) groups is 2. The van der Waals surface area contributed by atoms with Crippen molar-refractivity contribution in [1.29, 1.82) is 0 Å². The molecule has 0 aliphatic rings. The highest BCUT2D eigenvalue weighted by molar-refractivity contribution is 7.99. The van der Waals surface area contributed by atoms with Crippen LogP contribution >= 0.6 is 11.8 Å². The van der Waals surface area contributed by atoms with E-state index in [1.165, 1.54) is 18.8 Å². The Morgan fingerprint density at radius 3 is 2.76 bits per heavy atom. The first-order valence-corrected chi connectivity index (χ1v) is 7.29. The van der Waals surface area contributed by atoms with Gasteiger partial charge < -0.3 is 5.32 Å². The molecular weight excluding hydrogens is 290 g/mol. The number of imide groups is 1. The zero-order valence-corrected chi connectivity index (χ0v) is 12.3. The second-order valence-corrected chi connectivity index (χ2v) is 5.10. The molecule has 0 aliphatic heterocycles. The van der Waals surface area contributed by atoms with Crippen molar-refractivity contribution >= 4 is 23.7 Å². The molecule has 3 amide bonds. The maximum atomic E-state index is 11.4. The molecule has 8 heteroatoms. The lowest BCUT2D eigenvalue weighted by Gasteiger charge is -2.01. The van der Waals surface area contributed by atoms with Crippen LogP contribution in [0.5, 0.6) is 0 Å². The third kappa shape index (κ3) is 4.60. The van der Waals surface area contributed by atoms with E-state index in [9.17, 15) is 9.59 Å². The van der Waals surface area contributed by atoms with Crippen molar-refractivity contribution in [3.63, 3.8) is 0 Å². The number of para-hydroxylation sites is 1. The van der Waals surface area contributed by atoms with E-state index in [1.54, 1.807) is 11.0 Å². The molecule has 1 heterocycles. The molecule has 2 N–H and O–H groups in total. The molecule has 1 aromatic carbocycles. The molecule has 1 aromatic heterocycles. The van der Waals surface area contributed by atoms with Crippen LogP contribution in [0, 0.1) is 0 Å². The minimum atomic E-state index is -0.503. The van der Waals surface area contributed by atoms with Crippen molar-refractivity contribution in [2.24, 2.45) is 0 Å². The molecule has 110 valence electrons. The summed E-state index contributed by atoms with van der Waals surface area (Å²) < 4.78 is 1.67. The molecular formula is C13H15N5O2S. The lowest BCUT2D eigenvalue weighted by atomic mass is 10.3. The molecule has 0 saturated heterocycles. The van der Waals surface area contributed by atoms with Crippen molar-refractivity contribution in [2.75, 3.05) is 12.8 Å². The quantitative estimate of drug-likeness (QED) is 0.810. The van der Waals surface area contributed by atoms with E-state index in [-0.39, 0.29) is 12.3 Å². The Bertz CT molecular complexity index is 614. The Morgan fingerprint density at radius 2 is 2.05 bits per heavy atom. The molecule has 2 aromatic rings. The van der Waals surface area contributed by atoms with Gasteiger partial charge in [0.2, 0.25) is 11.1 Å². The Morgan fingerprint density at radius 1 is 1.29 bits per heavy atom. The van der Waals surface area contributed by atoms with Gasteiger partial charge in [0.25, 0.3) is 0 Å². The lowest BCUT2D eigenvalue weighted by molar-refractivity contribution is -0.119. The fourth-order valence-corrected chi connectivity index (χ4v) is 2.24. The first-order chi connectivity index (χ1) is 10.2. The van der Waals surface area contributed by atoms with Gasteiger partial charge in [-0.25, -0.2) is 14.5 Å². The predicted octanol–water partition coefficient (Wildman–Crippen LogP) is 1.21. The van der Waals surface area contributed by atoms with Crippen LogP contribution in [-0.2, 0) is 4.79 Å². The average Bonchev–Trinajstić information content (AvgIpc) is 2.97. The van der Waals surface area contributed by atoms with Crippen LogP contribution in [0.15, 0.2) is 41.8 Å². The summed E-state index contributed by atoms with van der Waals surface area (Å²) in [6, 6.07) is 9.14. The summed E-state index contributed by atoms with van der Waals surface area (Å²) in [6.07, 6.45) is 1.85. The molecule has 0 atom stereocenters. The van der Waals surface area contributed by atoms with E-state index in [0.717, 1.165) is 5.69 Å². The van der Waals surface area contributed by atoms with E-state index in [0.29, 0.717) is 10.9 Å². The van der Waals surface area contributed by atoms with Gasteiger partial charge >= 0.3 is 6.03 Å². The number of rotatable bonds is 5. The highest BCUT2D eigenvalue weighted by Gasteiger charge is 2.08. The van der Waals surface area contributed by atoms with E-state index in [4.69, 9.17) is 0 Å². The Labute approximate surface area is 126 Å². The normalized spacial score (nSPS) is 10.1. The third-order valence-electron chi connectivity index (χ3n) is 2.53. The van der Waals surface area contributed by atoms with Crippen LogP contribution in [0.2, 0.25) is 0 Å². The van der Waals surface area contributed by atoms with E-state index in [2.05, 4.69) is 20.7 Å². The van der Waals surface area contributed by atoms with Gasteiger partial charge in [-0.3, -0.25) is 10.1 Å². The molecule has 7 nitrogen and oxygen atoms in total. The molecule has 0 spiro atoms. The van der Waals surface area contributed by atoms with Crippen molar-refractivity contribution in [2.45, 2.75) is 11.6 Å². The lowest BCUT2D eigenvalue weighted by Crippen LogP contribution is -2.37. The maximum absolute atomic E-state index is 11.4. The van der Waals surface area contributed by atoms with Crippen molar-refractivity contribution in [1.82, 2.24) is 25.4 Å². The third-order valence-corrected chi connectivity index (χ3v) is 3.39. The first kappa shape index (κ1) is 15.0. The largest absolute Gasteiger partial charge is 0.341 e. The molecule has 0 saturated carbocycles. The van der Waals surface area contributed by atoms with Gasteiger partial charge in [-0.2, -0.15) is 0 Å². The molecule has 0 unspecified atom stereocenters. The van der Waals surface area contributed by atoms with Crippen molar-refractivity contribution in [3.8, 4) is 5.69 Å². The van der Waals surface area contributed by atoms with Gasteiger partial charge in [-0.05, 0) is 12.1 Å². The van der Waals surface area contributed by atoms with Crippen molar-refractivity contribution in [3.05, 3.63) is 36.7 Å². The number of thioether (sulfide) groups is 1. The second-order valence-electron chi connectivity index (χ2n) is 4.03. The smallest absolute Gasteiger partial charge is 0.321 e. The number of urea groups is 1. The SMILES string of the molecule is CNC(=O)NC(=O)CCSc1ncn(-c2ccccc2)n1. The summed E-state index contributed by atoms with van der Waals surface area (Å²) in [5.74, 6) is 0.172. The van der Waals surface area contributed by atoms with Crippen LogP contribution in [0.4, 0.5) is 4.79 Å². The van der Waals surface area contributed by atoms with Crippen molar-refractivity contribution < 1.29 is 9.59 Å². The summed E-state index contributed by atoms with van der Waals surface area (Å²) >= 11 is 1.36. The topological polar surface area (TPSA) is 88.9 Å². The van der Waals surface area contributed by atoms with Crippen LogP contribution < -0.4 is 10.6 Å². The molecule has 0 fully saturated rings. The first-order valence-electron chi connectivity index (χ1n) is 6.30. The van der Waals surface area contributed by atoms with Gasteiger partial charge in [0.1, 0.15) is 6.33 Å². The van der Waals surface area contributed by atoms with Gasteiger partial charge in [0, 0.05) is 19.2 Å². The van der Waals surface area contributed by atoms with Crippen LogP contribution in [0.25, 0.3) is 5.69 Å². The number of nitrogens with zero attached hydrogens (tertiary/aromatic N) is 3. The van der Waals surface area contributed by atoms with Gasteiger partial charge in [-0.1, -0.05) is 30.0 Å². The molecule has 21 heavy (non-hydrogen) atoms. The Balaban J connectivity index is 1.81. The zero-order valence-electron chi connectivity index (χ0n) is 11.4. The summed E-state index contributed by atoms with van der Waals surface area (Å²) in [6.45, 7) is 0. The van der Waals surface area contributed by atoms with E-state index >= 15 is 0 Å². The van der Waals surface area contributed by atoms with E-state index in [1.807, 2.05) is 30.3 Å². The fourth-order valence-electron chi connectivity index (χ4n) is 1.51. The zero-order chi connectivity index (χ0) is 15.1. The molecule has 2 rings (SSSR count). The molecule has 0 bridgehead atoms. The second kappa shape index (κ2) is 7.44. The van der Waals surface area contributed by atoms with Gasteiger partial charge in [0.05, 0.1) is 5.69 Å². The highest BCUT2D eigenvalue weighted by Crippen LogP contribution is 2.14. The van der Waals surface area contributed by atoms with E-state index < -0.39 is 6.03 Å². The summed E-state index contributed by atoms with van der Waals surface area (Å²) in [7, 11) is 1.46. The number of benzene rings is 1. The number of amides is 3. The summed E-state index contributed by atoms with van der Waals surface area (Å²) in [5, 5.41) is 9.42. The average molecular weight is 305 g/mol. The Kier molecular flexibility index (Phi) is 5.33. The van der Waals surface area contributed by atoms with Gasteiger partial charge in [0.15, 0.2) is 0 Å². The predicted molar refractivity (Wildman–Crippen MR) is 79.3 cm³/mol. The minimum absolute atomic E-state index is 0.220. The maximum Gasteiger partial charge on any atom is 0.321 e. The van der Waals surface area contributed by atoms with Crippen LogP contribution in [0.3, 0.4) is 0 Å². The summed E-state index contributed by atoms with van der Waals surface area (Å²) in [5.41, 5.74) is 0.925. The number of nitrogens with one attached hydrogen (secondary N) is 2. The monoisotopic (exact) mass is 305 g/mol. The van der Waals surface area contributed by atoms with Crippen LogP contribution in [0.1, 0.15) is 6.42 Å². The standard InChI is InChI=1S/C13H15N5O2S/c1-14-12(20)16-11(19)7-8-21-13-15-9-18(17-13)10-5-3-2-4-6-10/h2-6,9H,7-8H2,1H3,(H2,14,16,19,20). The number of hydrogen-bond acceptors (Lipinski definition) is 5. The number of hydrogen-bond donors (Lipinski definition) is 2. The van der Waals surface area contributed by atoms with Crippen LogP contribution in [-0.4, -0.2) is 39.5 Å². The number of aromatic nitrogens is 3. The molecule has 0 aliphatic carbocycles. The summed E-state index contributed by atoms with van der Waals surface area (Å²) in [4.78, 5) is 26.5. The molecule has 0 radical (unpaired) electrons. The Hall–Kier alpha value is -2.35. The highest BCUT2D eigenvalue weighted by atomic mass is 32.2. The van der Waals surface area contributed by atoms with Gasteiger partial charge in [-0.15, -0.1) is 5.10 Å². The minimum Gasteiger partial charge on any atom is -0.341 e. The fraction of sp³-hybridized carbons (Fsp3) is 0.231.